The third kappa shape index (κ3) is 2.50. The second-order valence-corrected chi connectivity index (χ2v) is 4.48. The molecule has 1 saturated heterocycles. The molecule has 2 aromatic rings. The summed E-state index contributed by atoms with van der Waals surface area (Å²) < 4.78 is 24.0. The van der Waals surface area contributed by atoms with Gasteiger partial charge in [0.15, 0.2) is 0 Å². The smallest absolute Gasteiger partial charge is 0.258 e. The summed E-state index contributed by atoms with van der Waals surface area (Å²) in [7, 11) is 0. The van der Waals surface area contributed by atoms with Crippen LogP contribution in [0.15, 0.2) is 22.7 Å². The zero-order valence-electron chi connectivity index (χ0n) is 10.5. The molecular weight excluding hydrogens is 249 g/mol. The third-order valence-corrected chi connectivity index (χ3v) is 3.09. The standard InChI is InChI=1S/C13H14FN3O2/c1-8-2-3-9(14)6-10(8)13-16-12(17-19-13)11-7-15-4-5-18-11/h2-3,6,11,15H,4-5,7H2,1H3. The minimum Gasteiger partial charge on any atom is -0.367 e. The van der Waals surface area contributed by atoms with Gasteiger partial charge in [-0.25, -0.2) is 4.39 Å². The van der Waals surface area contributed by atoms with E-state index in [2.05, 4.69) is 15.5 Å². The van der Waals surface area contributed by atoms with Crippen molar-refractivity contribution in [2.75, 3.05) is 19.7 Å². The van der Waals surface area contributed by atoms with Gasteiger partial charge in [-0.3, -0.25) is 0 Å². The largest absolute Gasteiger partial charge is 0.367 e. The molecule has 1 aromatic heterocycles. The van der Waals surface area contributed by atoms with E-state index in [0.29, 0.717) is 30.4 Å². The van der Waals surface area contributed by atoms with Crippen LogP contribution in [0.25, 0.3) is 11.5 Å². The number of hydrogen-bond acceptors (Lipinski definition) is 5. The number of hydrogen-bond donors (Lipinski definition) is 1. The maximum Gasteiger partial charge on any atom is 0.258 e. The lowest BCUT2D eigenvalue weighted by molar-refractivity contribution is 0.0208. The van der Waals surface area contributed by atoms with Crippen molar-refractivity contribution >= 4 is 0 Å². The fourth-order valence-electron chi connectivity index (χ4n) is 2.03. The van der Waals surface area contributed by atoms with Crippen LogP contribution in [-0.4, -0.2) is 29.8 Å². The summed E-state index contributed by atoms with van der Waals surface area (Å²) in [6.07, 6.45) is -0.208. The molecule has 0 saturated carbocycles. The molecular formula is C13H14FN3O2. The quantitative estimate of drug-likeness (QED) is 0.896. The molecule has 0 radical (unpaired) electrons. The summed E-state index contributed by atoms with van der Waals surface area (Å²) in [6, 6.07) is 4.49. The highest BCUT2D eigenvalue weighted by Crippen LogP contribution is 2.25. The lowest BCUT2D eigenvalue weighted by atomic mass is 10.1. The van der Waals surface area contributed by atoms with Gasteiger partial charge in [0.05, 0.1) is 6.61 Å². The number of aryl methyl sites for hydroxylation is 1. The number of nitrogens with one attached hydrogen (secondary N) is 1. The van der Waals surface area contributed by atoms with Crippen LogP contribution in [0, 0.1) is 12.7 Å². The predicted octanol–water partition coefficient (Wildman–Crippen LogP) is 1.85. The van der Waals surface area contributed by atoms with Crippen molar-refractivity contribution in [2.24, 2.45) is 0 Å². The molecule has 0 spiro atoms. The maximum absolute atomic E-state index is 13.3. The van der Waals surface area contributed by atoms with Gasteiger partial charge in [-0.2, -0.15) is 4.98 Å². The first kappa shape index (κ1) is 12.3. The van der Waals surface area contributed by atoms with E-state index in [0.717, 1.165) is 12.1 Å². The van der Waals surface area contributed by atoms with Crippen LogP contribution in [0.3, 0.4) is 0 Å². The molecule has 6 heteroatoms. The summed E-state index contributed by atoms with van der Waals surface area (Å²) in [6.45, 7) is 3.97. The van der Waals surface area contributed by atoms with Gasteiger partial charge in [-0.15, -0.1) is 0 Å². The lowest BCUT2D eigenvalue weighted by Crippen LogP contribution is -2.33. The maximum atomic E-state index is 13.3. The Bertz CT molecular complexity index is 579. The van der Waals surface area contributed by atoms with Crippen LogP contribution in [0.5, 0.6) is 0 Å². The monoisotopic (exact) mass is 263 g/mol. The normalized spacial score (nSPS) is 19.6. The fraction of sp³-hybridized carbons (Fsp3) is 0.385. The van der Waals surface area contributed by atoms with E-state index in [1.54, 1.807) is 6.07 Å². The minimum absolute atomic E-state index is 0.208. The van der Waals surface area contributed by atoms with Crippen molar-refractivity contribution in [1.82, 2.24) is 15.5 Å². The van der Waals surface area contributed by atoms with Gasteiger partial charge < -0.3 is 14.6 Å². The fourth-order valence-corrected chi connectivity index (χ4v) is 2.03. The lowest BCUT2D eigenvalue weighted by Gasteiger charge is -2.20. The Labute approximate surface area is 109 Å². The van der Waals surface area contributed by atoms with Crippen LogP contribution in [-0.2, 0) is 4.74 Å². The Balaban J connectivity index is 1.89. The summed E-state index contributed by atoms with van der Waals surface area (Å²) >= 11 is 0. The van der Waals surface area contributed by atoms with Crippen LogP contribution in [0.2, 0.25) is 0 Å². The number of ether oxygens (including phenoxy) is 1. The number of benzene rings is 1. The van der Waals surface area contributed by atoms with Crippen molar-refractivity contribution in [3.05, 3.63) is 35.4 Å². The van der Waals surface area contributed by atoms with E-state index < -0.39 is 0 Å². The second kappa shape index (κ2) is 5.07. The highest BCUT2D eigenvalue weighted by molar-refractivity contribution is 5.58. The molecule has 1 aliphatic heterocycles. The van der Waals surface area contributed by atoms with E-state index in [-0.39, 0.29) is 11.9 Å². The molecule has 1 N–H and O–H groups in total. The summed E-state index contributed by atoms with van der Waals surface area (Å²) in [5.41, 5.74) is 1.50. The van der Waals surface area contributed by atoms with Crippen LogP contribution in [0.1, 0.15) is 17.5 Å². The molecule has 1 unspecified atom stereocenters. The SMILES string of the molecule is Cc1ccc(F)cc1-c1nc(C2CNCCO2)no1. The van der Waals surface area contributed by atoms with Gasteiger partial charge in [-0.05, 0) is 24.6 Å². The van der Waals surface area contributed by atoms with Gasteiger partial charge in [0.1, 0.15) is 11.9 Å². The summed E-state index contributed by atoms with van der Waals surface area (Å²) in [5, 5.41) is 7.11. The molecule has 1 fully saturated rings. The number of morpholine rings is 1. The van der Waals surface area contributed by atoms with Gasteiger partial charge >= 0.3 is 0 Å². The zero-order valence-corrected chi connectivity index (χ0v) is 10.5. The minimum atomic E-state index is -0.323. The number of nitrogens with zero attached hydrogens (tertiary/aromatic N) is 2. The molecule has 1 aliphatic rings. The van der Waals surface area contributed by atoms with E-state index in [1.165, 1.54) is 12.1 Å². The van der Waals surface area contributed by atoms with E-state index in [9.17, 15) is 4.39 Å². The Morgan fingerprint density at radius 3 is 3.11 bits per heavy atom. The first-order chi connectivity index (χ1) is 9.24. The highest BCUT2D eigenvalue weighted by atomic mass is 19.1. The second-order valence-electron chi connectivity index (χ2n) is 4.48. The van der Waals surface area contributed by atoms with E-state index in [4.69, 9.17) is 9.26 Å². The van der Waals surface area contributed by atoms with Gasteiger partial charge in [0.2, 0.25) is 5.82 Å². The molecule has 0 aliphatic carbocycles. The molecule has 19 heavy (non-hydrogen) atoms. The van der Waals surface area contributed by atoms with Crippen LogP contribution >= 0.6 is 0 Å². The Kier molecular flexibility index (Phi) is 3.27. The zero-order chi connectivity index (χ0) is 13.2. The average molecular weight is 263 g/mol. The van der Waals surface area contributed by atoms with Crippen molar-refractivity contribution < 1.29 is 13.7 Å². The van der Waals surface area contributed by atoms with Crippen molar-refractivity contribution in [2.45, 2.75) is 13.0 Å². The van der Waals surface area contributed by atoms with Gasteiger partial charge in [0.25, 0.3) is 5.89 Å². The number of rotatable bonds is 2. The predicted molar refractivity (Wildman–Crippen MR) is 66.0 cm³/mol. The first-order valence-corrected chi connectivity index (χ1v) is 6.16. The molecule has 100 valence electrons. The Morgan fingerprint density at radius 1 is 1.42 bits per heavy atom. The molecule has 0 bridgehead atoms. The molecule has 2 heterocycles. The van der Waals surface area contributed by atoms with Gasteiger partial charge in [-0.1, -0.05) is 11.2 Å². The van der Waals surface area contributed by atoms with Crippen molar-refractivity contribution in [3.63, 3.8) is 0 Å². The molecule has 3 rings (SSSR count). The molecule has 1 aromatic carbocycles. The van der Waals surface area contributed by atoms with Crippen molar-refractivity contribution in [3.8, 4) is 11.5 Å². The number of halogens is 1. The molecule has 5 nitrogen and oxygen atoms in total. The van der Waals surface area contributed by atoms with E-state index in [1.807, 2.05) is 6.92 Å². The Morgan fingerprint density at radius 2 is 2.32 bits per heavy atom. The summed E-state index contributed by atoms with van der Waals surface area (Å²) in [4.78, 5) is 4.30. The molecule has 1 atom stereocenters. The van der Waals surface area contributed by atoms with Crippen LogP contribution in [0.4, 0.5) is 4.39 Å². The van der Waals surface area contributed by atoms with Crippen molar-refractivity contribution in [1.29, 1.82) is 0 Å². The topological polar surface area (TPSA) is 60.2 Å². The first-order valence-electron chi connectivity index (χ1n) is 6.16. The highest BCUT2D eigenvalue weighted by Gasteiger charge is 2.22. The Hall–Kier alpha value is -1.79. The average Bonchev–Trinajstić information content (AvgIpc) is 2.92. The van der Waals surface area contributed by atoms with E-state index >= 15 is 0 Å². The molecule has 0 amide bonds. The third-order valence-electron chi connectivity index (χ3n) is 3.09. The summed E-state index contributed by atoms with van der Waals surface area (Å²) in [5.74, 6) is 0.489. The number of aromatic nitrogens is 2. The van der Waals surface area contributed by atoms with Crippen LogP contribution < -0.4 is 5.32 Å². The van der Waals surface area contributed by atoms with Gasteiger partial charge in [0, 0.05) is 18.7 Å².